The second-order valence-electron chi connectivity index (χ2n) is 6.58. The predicted molar refractivity (Wildman–Crippen MR) is 85.3 cm³/mol. The first kappa shape index (κ1) is 15.0. The fourth-order valence-electron chi connectivity index (χ4n) is 3.30. The van der Waals surface area contributed by atoms with Crippen molar-refractivity contribution in [3.05, 3.63) is 22.7 Å². The quantitative estimate of drug-likeness (QED) is 0.905. The van der Waals surface area contributed by atoms with Gasteiger partial charge >= 0.3 is 0 Å². The van der Waals surface area contributed by atoms with Crippen LogP contribution in [-0.2, 0) is 6.54 Å². The van der Waals surface area contributed by atoms with Gasteiger partial charge in [-0.15, -0.1) is 0 Å². The SMILES string of the molecule is CC1(CNCc2cc(Cl)c3c(c2)OCCCO3)CCCC1. The van der Waals surface area contributed by atoms with E-state index in [2.05, 4.69) is 18.3 Å². The van der Waals surface area contributed by atoms with Crippen LogP contribution in [-0.4, -0.2) is 19.8 Å². The lowest BCUT2D eigenvalue weighted by Crippen LogP contribution is -2.29. The van der Waals surface area contributed by atoms with E-state index in [0.717, 1.165) is 30.8 Å². The lowest BCUT2D eigenvalue weighted by atomic mass is 9.89. The smallest absolute Gasteiger partial charge is 0.179 e. The first-order valence-electron chi connectivity index (χ1n) is 7.95. The van der Waals surface area contributed by atoms with Gasteiger partial charge in [0.05, 0.1) is 18.2 Å². The highest BCUT2D eigenvalue weighted by Crippen LogP contribution is 2.39. The molecule has 1 heterocycles. The molecule has 1 aromatic rings. The Kier molecular flexibility index (Phi) is 4.60. The van der Waals surface area contributed by atoms with E-state index < -0.39 is 0 Å². The van der Waals surface area contributed by atoms with Gasteiger partial charge in [-0.3, -0.25) is 0 Å². The molecule has 1 fully saturated rings. The van der Waals surface area contributed by atoms with Crippen LogP contribution in [0.5, 0.6) is 11.5 Å². The van der Waals surface area contributed by atoms with Crippen molar-refractivity contribution < 1.29 is 9.47 Å². The third-order valence-electron chi connectivity index (χ3n) is 4.55. The van der Waals surface area contributed by atoms with E-state index >= 15 is 0 Å². The molecule has 3 rings (SSSR count). The van der Waals surface area contributed by atoms with E-state index in [4.69, 9.17) is 21.1 Å². The average molecular weight is 310 g/mol. The van der Waals surface area contributed by atoms with Crippen molar-refractivity contribution in [1.82, 2.24) is 5.32 Å². The summed E-state index contributed by atoms with van der Waals surface area (Å²) >= 11 is 6.32. The Hall–Kier alpha value is -0.930. The van der Waals surface area contributed by atoms with Gasteiger partial charge in [-0.25, -0.2) is 0 Å². The molecule has 1 aliphatic carbocycles. The summed E-state index contributed by atoms with van der Waals surface area (Å²) in [7, 11) is 0. The van der Waals surface area contributed by atoms with Crippen molar-refractivity contribution in [3.8, 4) is 11.5 Å². The Balaban J connectivity index is 1.63. The zero-order valence-electron chi connectivity index (χ0n) is 12.7. The van der Waals surface area contributed by atoms with Gasteiger partial charge in [-0.1, -0.05) is 31.4 Å². The fourth-order valence-corrected chi connectivity index (χ4v) is 3.59. The number of halogens is 1. The van der Waals surface area contributed by atoms with E-state index in [9.17, 15) is 0 Å². The summed E-state index contributed by atoms with van der Waals surface area (Å²) < 4.78 is 11.4. The molecule has 0 radical (unpaired) electrons. The lowest BCUT2D eigenvalue weighted by Gasteiger charge is -2.24. The minimum atomic E-state index is 0.467. The number of fused-ring (bicyclic) bond motifs is 1. The second kappa shape index (κ2) is 6.45. The Labute approximate surface area is 132 Å². The fraction of sp³-hybridized carbons (Fsp3) is 0.647. The van der Waals surface area contributed by atoms with Crippen LogP contribution in [0.4, 0.5) is 0 Å². The summed E-state index contributed by atoms with van der Waals surface area (Å²) in [6.45, 7) is 5.64. The van der Waals surface area contributed by atoms with Crippen LogP contribution < -0.4 is 14.8 Å². The maximum absolute atomic E-state index is 6.32. The van der Waals surface area contributed by atoms with Gasteiger partial charge in [0.2, 0.25) is 0 Å². The van der Waals surface area contributed by atoms with Crippen LogP contribution in [0.25, 0.3) is 0 Å². The summed E-state index contributed by atoms with van der Waals surface area (Å²) in [5, 5.41) is 4.23. The zero-order valence-corrected chi connectivity index (χ0v) is 13.5. The van der Waals surface area contributed by atoms with Crippen molar-refractivity contribution in [2.45, 2.75) is 45.6 Å². The minimum absolute atomic E-state index is 0.467. The Morgan fingerprint density at radius 2 is 1.90 bits per heavy atom. The van der Waals surface area contributed by atoms with Crippen molar-refractivity contribution in [3.63, 3.8) is 0 Å². The van der Waals surface area contributed by atoms with Gasteiger partial charge in [0.25, 0.3) is 0 Å². The highest BCUT2D eigenvalue weighted by molar-refractivity contribution is 6.32. The van der Waals surface area contributed by atoms with Crippen molar-refractivity contribution in [2.75, 3.05) is 19.8 Å². The molecule has 1 aromatic carbocycles. The molecule has 0 spiro atoms. The Morgan fingerprint density at radius 1 is 1.14 bits per heavy atom. The molecular formula is C17H24ClNO2. The third kappa shape index (κ3) is 3.64. The first-order valence-corrected chi connectivity index (χ1v) is 8.33. The number of benzene rings is 1. The zero-order chi connectivity index (χ0) is 14.7. The van der Waals surface area contributed by atoms with Gasteiger partial charge < -0.3 is 14.8 Å². The van der Waals surface area contributed by atoms with E-state index in [1.807, 2.05) is 6.07 Å². The molecule has 0 saturated heterocycles. The lowest BCUT2D eigenvalue weighted by molar-refractivity contribution is 0.297. The number of hydrogen-bond donors (Lipinski definition) is 1. The van der Waals surface area contributed by atoms with Crippen molar-refractivity contribution in [1.29, 1.82) is 0 Å². The third-order valence-corrected chi connectivity index (χ3v) is 4.83. The first-order chi connectivity index (χ1) is 10.2. The summed E-state index contributed by atoms with van der Waals surface area (Å²) in [6, 6.07) is 4.04. The summed E-state index contributed by atoms with van der Waals surface area (Å²) in [4.78, 5) is 0. The van der Waals surface area contributed by atoms with Gasteiger partial charge in [0.1, 0.15) is 0 Å². The van der Waals surface area contributed by atoms with Gasteiger partial charge in [-0.2, -0.15) is 0 Å². The molecule has 1 saturated carbocycles. The van der Waals surface area contributed by atoms with Crippen LogP contribution in [0, 0.1) is 5.41 Å². The van der Waals surface area contributed by atoms with E-state index in [-0.39, 0.29) is 0 Å². The highest BCUT2D eigenvalue weighted by Gasteiger charge is 2.27. The normalized spacial score (nSPS) is 20.3. The molecular weight excluding hydrogens is 286 g/mol. The standard InChI is InChI=1S/C17H24ClNO2/c1-17(5-2-3-6-17)12-19-11-13-9-14(18)16-15(10-13)20-7-4-8-21-16/h9-10,19H,2-8,11-12H2,1H3. The predicted octanol–water partition coefficient (Wildman–Crippen LogP) is 4.17. The number of ether oxygens (including phenoxy) is 2. The molecule has 0 atom stereocenters. The van der Waals surface area contributed by atoms with E-state index in [1.54, 1.807) is 0 Å². The maximum Gasteiger partial charge on any atom is 0.179 e. The number of hydrogen-bond acceptors (Lipinski definition) is 3. The Morgan fingerprint density at radius 3 is 2.71 bits per heavy atom. The largest absolute Gasteiger partial charge is 0.489 e. The maximum atomic E-state index is 6.32. The van der Waals surface area contributed by atoms with E-state index in [0.29, 0.717) is 29.4 Å². The van der Waals surface area contributed by atoms with Gasteiger partial charge in [-0.05, 0) is 36.0 Å². The van der Waals surface area contributed by atoms with Crippen LogP contribution in [0.3, 0.4) is 0 Å². The molecule has 1 aliphatic heterocycles. The molecule has 0 aromatic heterocycles. The van der Waals surface area contributed by atoms with Gasteiger partial charge in [0, 0.05) is 19.5 Å². The summed E-state index contributed by atoms with van der Waals surface area (Å²) in [5.41, 5.74) is 1.63. The highest BCUT2D eigenvalue weighted by atomic mass is 35.5. The van der Waals surface area contributed by atoms with Gasteiger partial charge in [0.15, 0.2) is 11.5 Å². The molecule has 0 bridgehead atoms. The van der Waals surface area contributed by atoms with Crippen molar-refractivity contribution in [2.24, 2.45) is 5.41 Å². The van der Waals surface area contributed by atoms with Crippen LogP contribution in [0.15, 0.2) is 12.1 Å². The van der Waals surface area contributed by atoms with Crippen LogP contribution >= 0.6 is 11.6 Å². The van der Waals surface area contributed by atoms with E-state index in [1.165, 1.54) is 25.7 Å². The molecule has 0 unspecified atom stereocenters. The molecule has 0 amide bonds. The monoisotopic (exact) mass is 309 g/mol. The number of nitrogens with one attached hydrogen (secondary N) is 1. The second-order valence-corrected chi connectivity index (χ2v) is 6.98. The van der Waals surface area contributed by atoms with Crippen LogP contribution in [0.2, 0.25) is 5.02 Å². The molecule has 21 heavy (non-hydrogen) atoms. The molecule has 4 heteroatoms. The summed E-state index contributed by atoms with van der Waals surface area (Å²) in [6.07, 6.45) is 6.31. The topological polar surface area (TPSA) is 30.5 Å². The molecule has 116 valence electrons. The molecule has 1 N–H and O–H groups in total. The van der Waals surface area contributed by atoms with Crippen molar-refractivity contribution >= 4 is 11.6 Å². The summed E-state index contributed by atoms with van der Waals surface area (Å²) in [5.74, 6) is 1.48. The Bertz CT molecular complexity index is 498. The minimum Gasteiger partial charge on any atom is -0.489 e. The molecule has 2 aliphatic rings. The van der Waals surface area contributed by atoms with Crippen LogP contribution in [0.1, 0.15) is 44.6 Å². The average Bonchev–Trinajstić information content (AvgIpc) is 2.73. The number of rotatable bonds is 4. The molecule has 3 nitrogen and oxygen atoms in total.